The third kappa shape index (κ3) is 18.7. The van der Waals surface area contributed by atoms with E-state index in [1.54, 1.807) is 13.8 Å². The molecular weight excluding hydrogens is 943 g/mol. The van der Waals surface area contributed by atoms with Crippen molar-refractivity contribution in [1.29, 1.82) is 0 Å². The van der Waals surface area contributed by atoms with E-state index in [-0.39, 0.29) is 49.6 Å². The van der Waals surface area contributed by atoms with Crippen LogP contribution in [0.1, 0.15) is 70.8 Å². The van der Waals surface area contributed by atoms with Crippen molar-refractivity contribution in [2.75, 3.05) is 31.1 Å². The number of nitrogens with two attached hydrogens (primary N) is 5. The second-order valence-corrected chi connectivity index (χ2v) is 19.3. The smallest absolute Gasteiger partial charge is 0.246 e. The number of nitrogens with zero attached hydrogens (tertiary/aromatic N) is 1. The average Bonchev–Trinajstić information content (AvgIpc) is 3.80. The second kappa shape index (κ2) is 28.3. The van der Waals surface area contributed by atoms with Gasteiger partial charge in [-0.05, 0) is 62.3 Å². The Morgan fingerprint density at radius 1 is 0.812 bits per heavy atom. The van der Waals surface area contributed by atoms with Gasteiger partial charge in [-0.3, -0.25) is 52.7 Å². The van der Waals surface area contributed by atoms with Crippen molar-refractivity contribution in [3.8, 4) is 5.75 Å². The highest BCUT2D eigenvalue weighted by molar-refractivity contribution is 8.76. The summed E-state index contributed by atoms with van der Waals surface area (Å²) in [6.07, 6.45) is -0.526. The fraction of sp³-hybridized carbons (Fsp3) is 0.595. The molecule has 25 nitrogen and oxygen atoms in total. The van der Waals surface area contributed by atoms with E-state index in [1.165, 1.54) is 29.2 Å². The Kier molecular flexibility index (Phi) is 23.5. The quantitative estimate of drug-likeness (QED) is 0.0613. The minimum absolute atomic E-state index is 0.0344. The molecule has 2 aliphatic heterocycles. The Hall–Kier alpha value is -6.19. The van der Waals surface area contributed by atoms with Crippen molar-refractivity contribution in [3.63, 3.8) is 0 Å². The molecule has 9 atom stereocenters. The Labute approximate surface area is 406 Å². The summed E-state index contributed by atoms with van der Waals surface area (Å²) in [7, 11) is 2.03. The molecule has 1 aromatic carbocycles. The second-order valence-electron chi connectivity index (χ2n) is 16.7. The fourth-order valence-corrected chi connectivity index (χ4v) is 9.51. The largest absolute Gasteiger partial charge is 0.508 e. The van der Waals surface area contributed by atoms with Gasteiger partial charge in [0.25, 0.3) is 0 Å². The number of benzene rings is 1. The van der Waals surface area contributed by atoms with Gasteiger partial charge in [0.15, 0.2) is 0 Å². The zero-order chi connectivity index (χ0) is 51.4. The molecule has 0 radical (unpaired) electrons. The number of phenolic OH excluding ortho intramolecular Hbond substituents is 1. The number of nitrogens with one attached hydrogen (secondary N) is 7. The van der Waals surface area contributed by atoms with Crippen molar-refractivity contribution < 1.29 is 57.8 Å². The van der Waals surface area contributed by atoms with Crippen LogP contribution in [-0.4, -0.2) is 154 Å². The number of hydrogen-bond acceptors (Lipinski definition) is 16. The first-order valence-corrected chi connectivity index (χ1v) is 24.9. The molecule has 69 heavy (non-hydrogen) atoms. The zero-order valence-electron chi connectivity index (χ0n) is 38.5. The van der Waals surface area contributed by atoms with Crippen molar-refractivity contribution in [1.82, 2.24) is 42.1 Å². The highest BCUT2D eigenvalue weighted by Crippen LogP contribution is 2.26. The molecule has 11 amide bonds. The molecule has 0 unspecified atom stereocenters. The summed E-state index contributed by atoms with van der Waals surface area (Å²) >= 11 is 0. The molecular formula is C42H65N13O12S2. The Morgan fingerprint density at radius 2 is 1.43 bits per heavy atom. The van der Waals surface area contributed by atoms with E-state index in [1.807, 2.05) is 0 Å². The van der Waals surface area contributed by atoms with E-state index >= 15 is 0 Å². The van der Waals surface area contributed by atoms with Crippen molar-refractivity contribution >= 4 is 86.6 Å². The molecule has 2 saturated heterocycles. The number of rotatable bonds is 18. The summed E-state index contributed by atoms with van der Waals surface area (Å²) < 4.78 is 0. The molecule has 0 saturated carbocycles. The van der Waals surface area contributed by atoms with Crippen LogP contribution in [0.15, 0.2) is 24.3 Å². The van der Waals surface area contributed by atoms with Gasteiger partial charge in [-0.2, -0.15) is 0 Å². The number of carbonyl (C=O) groups is 11. The molecule has 0 aliphatic carbocycles. The Morgan fingerprint density at radius 3 is 2.06 bits per heavy atom. The van der Waals surface area contributed by atoms with Gasteiger partial charge in [0.05, 0.1) is 19.0 Å². The number of aromatic hydroxyl groups is 1. The minimum Gasteiger partial charge on any atom is -0.508 e. The summed E-state index contributed by atoms with van der Waals surface area (Å²) in [6.45, 7) is 3.10. The molecule has 0 spiro atoms. The van der Waals surface area contributed by atoms with E-state index in [9.17, 15) is 57.8 Å². The van der Waals surface area contributed by atoms with Crippen LogP contribution in [0.2, 0.25) is 0 Å². The van der Waals surface area contributed by atoms with Crippen LogP contribution in [0.25, 0.3) is 0 Å². The topological polar surface area (TPSA) is 426 Å². The standard InChI is InChI=1S/C42H65N13O12S2/c1-3-21(2)34-41(66)50-26(12-13-31(45)57)37(62)52-28(17-32(46)58)38(63)53-29(20-69-68-19-24(44)35(60)51-27(39(64)54-34)16-22-8-10-23(56)11-9-22)42(67)55-15-5-7-30(55)40(65)49-25(6-4-14-43)36(61)48-18-33(47)59/h8-11,21,24-30,34,56H,3-7,12-20,43-44H2,1-2H3,(H2,45,57)(H2,46,58)(H2,47,59)(H,48,61)(H,49,65)(H,50,66)(H,51,60)(H,52,62)(H,53,63)(H,54,64)/t21-,24-,25-,26-,27-,28-,29-,30-,34-/m0/s1. The molecule has 2 heterocycles. The maximum atomic E-state index is 14.5. The van der Waals surface area contributed by atoms with Gasteiger partial charge in [0.1, 0.15) is 48.0 Å². The van der Waals surface area contributed by atoms with E-state index in [4.69, 9.17) is 28.7 Å². The molecule has 2 aliphatic rings. The normalized spacial score (nSPS) is 24.2. The van der Waals surface area contributed by atoms with Gasteiger partial charge in [-0.15, -0.1) is 0 Å². The fourth-order valence-electron chi connectivity index (χ4n) is 7.23. The summed E-state index contributed by atoms with van der Waals surface area (Å²) in [6, 6.07) is -5.18. The Bertz CT molecular complexity index is 2030. The molecule has 1 aromatic rings. The lowest BCUT2D eigenvalue weighted by Crippen LogP contribution is -2.61. The van der Waals surface area contributed by atoms with Gasteiger partial charge < -0.3 is 75.9 Å². The molecule has 18 N–H and O–H groups in total. The van der Waals surface area contributed by atoms with E-state index in [0.717, 1.165) is 21.6 Å². The molecule has 0 aromatic heterocycles. The van der Waals surface area contributed by atoms with Crippen LogP contribution in [0.3, 0.4) is 0 Å². The molecule has 0 bridgehead atoms. The van der Waals surface area contributed by atoms with Gasteiger partial charge >= 0.3 is 0 Å². The predicted octanol–water partition coefficient (Wildman–Crippen LogP) is -4.92. The first-order valence-electron chi connectivity index (χ1n) is 22.4. The molecule has 382 valence electrons. The van der Waals surface area contributed by atoms with Crippen molar-refractivity contribution in [2.45, 2.75) is 120 Å². The van der Waals surface area contributed by atoms with Crippen LogP contribution in [0, 0.1) is 5.92 Å². The zero-order valence-corrected chi connectivity index (χ0v) is 40.1. The number of hydrogen-bond donors (Lipinski definition) is 13. The van der Waals surface area contributed by atoms with Gasteiger partial charge in [-0.25, -0.2) is 0 Å². The van der Waals surface area contributed by atoms with Crippen LogP contribution in [0.4, 0.5) is 0 Å². The third-order valence-electron chi connectivity index (χ3n) is 11.3. The lowest BCUT2D eigenvalue weighted by atomic mass is 9.96. The number of primary amides is 3. The number of likely N-dealkylation sites (tertiary alicyclic amines) is 1. The number of phenols is 1. The maximum absolute atomic E-state index is 14.5. The Balaban J connectivity index is 2.05. The summed E-state index contributed by atoms with van der Waals surface area (Å²) in [5, 5.41) is 27.6. The summed E-state index contributed by atoms with van der Waals surface area (Å²) in [4.78, 5) is 148. The van der Waals surface area contributed by atoms with Crippen molar-refractivity contribution in [2.24, 2.45) is 34.6 Å². The monoisotopic (exact) mass is 1010 g/mol. The van der Waals surface area contributed by atoms with E-state index in [2.05, 4.69) is 37.2 Å². The number of amides is 11. The third-order valence-corrected chi connectivity index (χ3v) is 13.7. The van der Waals surface area contributed by atoms with Crippen LogP contribution in [-0.2, 0) is 59.2 Å². The highest BCUT2D eigenvalue weighted by Gasteiger charge is 2.41. The summed E-state index contributed by atoms with van der Waals surface area (Å²) in [5.74, 6) is -10.5. The maximum Gasteiger partial charge on any atom is 0.246 e. The van der Waals surface area contributed by atoms with Gasteiger partial charge in [0.2, 0.25) is 65.0 Å². The first kappa shape index (κ1) is 57.1. The first-order chi connectivity index (χ1) is 32.6. The lowest BCUT2D eigenvalue weighted by molar-refractivity contribution is -0.142. The molecule has 27 heteroatoms. The van der Waals surface area contributed by atoms with Crippen LogP contribution in [0.5, 0.6) is 5.75 Å². The minimum atomic E-state index is -1.76. The van der Waals surface area contributed by atoms with Crippen molar-refractivity contribution in [3.05, 3.63) is 29.8 Å². The van der Waals surface area contributed by atoms with Gasteiger partial charge in [-0.1, -0.05) is 54.0 Å². The molecule has 3 rings (SSSR count). The van der Waals surface area contributed by atoms with Crippen LogP contribution < -0.4 is 65.9 Å². The van der Waals surface area contributed by atoms with Crippen LogP contribution >= 0.6 is 21.6 Å². The van der Waals surface area contributed by atoms with Gasteiger partial charge in [0, 0.05) is 30.9 Å². The number of carbonyl (C=O) groups excluding carboxylic acids is 11. The average molecular weight is 1010 g/mol. The van der Waals surface area contributed by atoms with E-state index < -0.39 is 145 Å². The highest BCUT2D eigenvalue weighted by atomic mass is 33.1. The lowest BCUT2D eigenvalue weighted by Gasteiger charge is -2.31. The summed E-state index contributed by atoms with van der Waals surface area (Å²) in [5.41, 5.74) is 28.5. The predicted molar refractivity (Wildman–Crippen MR) is 253 cm³/mol. The molecule has 2 fully saturated rings. The SMILES string of the molecule is CC[C@H](C)[C@@H]1NC(=O)[C@H](Cc2ccc(O)cc2)NC(=O)[C@@H](N)CSSC[C@@H](C(=O)N2CCC[C@H]2C(=O)N[C@@H](CCCN)C(=O)NCC(N)=O)NC(=O)[C@H](CC(N)=O)NC(=O)[C@H](CCC(N)=O)NC1=O. The van der Waals surface area contributed by atoms with E-state index in [0.29, 0.717) is 24.8 Å².